The van der Waals surface area contributed by atoms with Crippen LogP contribution in [0.25, 0.3) is 0 Å². The van der Waals surface area contributed by atoms with Crippen molar-refractivity contribution in [2.75, 3.05) is 13.2 Å². The van der Waals surface area contributed by atoms with Crippen LogP contribution in [0.5, 0.6) is 0 Å². The Labute approximate surface area is 114 Å². The molecule has 8 nitrogen and oxygen atoms in total. The molecule has 8 heteroatoms. The standard InChI is InChI=1S/C12H15N3O5/c1-7-5-15(12(18)14-11(7)17)10-4-8(19-3-2-13)9(6-16)20-10/h5,8-10,16H,3-4,6H2,1H3,(H,14,17,18)/t8?,9-,10-/m1/s1. The van der Waals surface area contributed by atoms with E-state index < -0.39 is 29.7 Å². The molecular formula is C12H15N3O5. The molecule has 0 radical (unpaired) electrons. The van der Waals surface area contributed by atoms with E-state index in [-0.39, 0.29) is 13.2 Å². The molecule has 1 aliphatic heterocycles. The minimum Gasteiger partial charge on any atom is -0.394 e. The van der Waals surface area contributed by atoms with E-state index in [4.69, 9.17) is 14.7 Å². The Morgan fingerprint density at radius 2 is 2.40 bits per heavy atom. The van der Waals surface area contributed by atoms with Gasteiger partial charge in [0, 0.05) is 18.2 Å². The third-order valence-electron chi connectivity index (χ3n) is 3.18. The second kappa shape index (κ2) is 6.00. The van der Waals surface area contributed by atoms with Crippen molar-refractivity contribution in [3.63, 3.8) is 0 Å². The fourth-order valence-corrected chi connectivity index (χ4v) is 2.15. The van der Waals surface area contributed by atoms with Gasteiger partial charge in [-0.15, -0.1) is 0 Å². The number of nitriles is 1. The second-order valence-electron chi connectivity index (χ2n) is 4.53. The summed E-state index contributed by atoms with van der Waals surface area (Å²) >= 11 is 0. The largest absolute Gasteiger partial charge is 0.394 e. The van der Waals surface area contributed by atoms with Crippen LogP contribution in [-0.4, -0.2) is 40.1 Å². The van der Waals surface area contributed by atoms with Gasteiger partial charge < -0.3 is 14.6 Å². The Morgan fingerprint density at radius 3 is 3.05 bits per heavy atom. The van der Waals surface area contributed by atoms with Crippen LogP contribution >= 0.6 is 0 Å². The number of nitrogens with zero attached hydrogens (tertiary/aromatic N) is 2. The summed E-state index contributed by atoms with van der Waals surface area (Å²) in [5.74, 6) is 0. The summed E-state index contributed by atoms with van der Waals surface area (Å²) in [5, 5.41) is 17.7. The minimum atomic E-state index is -0.640. The number of rotatable bonds is 4. The number of aromatic amines is 1. The predicted molar refractivity (Wildman–Crippen MR) is 67.0 cm³/mol. The molecule has 1 aromatic rings. The van der Waals surface area contributed by atoms with Gasteiger partial charge in [-0.3, -0.25) is 14.3 Å². The lowest BCUT2D eigenvalue weighted by molar-refractivity contribution is -0.0577. The summed E-state index contributed by atoms with van der Waals surface area (Å²) < 4.78 is 12.1. The molecule has 0 bridgehead atoms. The number of aryl methyl sites for hydroxylation is 1. The molecule has 108 valence electrons. The lowest BCUT2D eigenvalue weighted by atomic mass is 10.2. The molecule has 1 unspecified atom stereocenters. The normalized spacial score (nSPS) is 25.6. The summed E-state index contributed by atoms with van der Waals surface area (Å²) in [5.41, 5.74) is -0.640. The van der Waals surface area contributed by atoms with Crippen LogP contribution in [0, 0.1) is 18.3 Å². The summed E-state index contributed by atoms with van der Waals surface area (Å²) in [4.78, 5) is 25.3. The number of hydrogen-bond acceptors (Lipinski definition) is 6. The molecule has 1 aromatic heterocycles. The van der Waals surface area contributed by atoms with Crippen molar-refractivity contribution in [2.24, 2.45) is 0 Å². The first-order valence-electron chi connectivity index (χ1n) is 6.13. The summed E-state index contributed by atoms with van der Waals surface area (Å²) in [6.45, 7) is 1.19. The van der Waals surface area contributed by atoms with Crippen LogP contribution in [0.2, 0.25) is 0 Å². The lowest BCUT2D eigenvalue weighted by Gasteiger charge is -2.15. The number of H-pyrrole nitrogens is 1. The van der Waals surface area contributed by atoms with Crippen LogP contribution in [-0.2, 0) is 9.47 Å². The summed E-state index contributed by atoms with van der Waals surface area (Å²) in [6.07, 6.45) is 0.0146. The first-order valence-corrected chi connectivity index (χ1v) is 6.13. The first-order chi connectivity index (χ1) is 9.56. The highest BCUT2D eigenvalue weighted by Gasteiger charge is 2.37. The van der Waals surface area contributed by atoms with Gasteiger partial charge in [0.2, 0.25) is 0 Å². The quantitative estimate of drug-likeness (QED) is 0.733. The summed E-state index contributed by atoms with van der Waals surface area (Å²) in [6, 6.07) is 1.85. The Bertz CT molecular complexity index is 629. The van der Waals surface area contributed by atoms with Crippen LogP contribution in [0.4, 0.5) is 0 Å². The zero-order chi connectivity index (χ0) is 14.7. The SMILES string of the molecule is Cc1cn([C@H]2CC(OCC#N)[C@@H](CO)O2)c(=O)[nH]c1=O. The molecule has 0 aromatic carbocycles. The Kier molecular flexibility index (Phi) is 4.34. The fraction of sp³-hybridized carbons (Fsp3) is 0.583. The van der Waals surface area contributed by atoms with E-state index in [9.17, 15) is 14.7 Å². The molecule has 1 aliphatic rings. The molecule has 1 fully saturated rings. The van der Waals surface area contributed by atoms with Gasteiger partial charge in [-0.05, 0) is 6.92 Å². The number of ether oxygens (including phenoxy) is 2. The fourth-order valence-electron chi connectivity index (χ4n) is 2.15. The Morgan fingerprint density at radius 1 is 1.65 bits per heavy atom. The highest BCUT2D eigenvalue weighted by atomic mass is 16.6. The highest BCUT2D eigenvalue weighted by molar-refractivity contribution is 5.02. The van der Waals surface area contributed by atoms with Gasteiger partial charge in [0.05, 0.1) is 18.8 Å². The molecule has 0 amide bonds. The van der Waals surface area contributed by atoms with Crippen molar-refractivity contribution in [3.05, 3.63) is 32.6 Å². The number of aliphatic hydroxyl groups excluding tert-OH is 1. The Hall–Kier alpha value is -1.95. The van der Waals surface area contributed by atoms with Gasteiger partial charge in [-0.1, -0.05) is 0 Å². The average molecular weight is 281 g/mol. The maximum Gasteiger partial charge on any atom is 0.330 e. The minimum absolute atomic E-state index is 0.114. The average Bonchev–Trinajstić information content (AvgIpc) is 2.83. The molecule has 3 atom stereocenters. The third kappa shape index (κ3) is 2.80. The van der Waals surface area contributed by atoms with Crippen LogP contribution in [0.1, 0.15) is 18.2 Å². The van der Waals surface area contributed by atoms with Crippen molar-refractivity contribution in [3.8, 4) is 6.07 Å². The van der Waals surface area contributed by atoms with Crippen molar-refractivity contribution >= 4 is 0 Å². The van der Waals surface area contributed by atoms with Gasteiger partial charge in [0.25, 0.3) is 5.56 Å². The molecule has 2 N–H and O–H groups in total. The van der Waals surface area contributed by atoms with Crippen LogP contribution < -0.4 is 11.2 Å². The van der Waals surface area contributed by atoms with Crippen molar-refractivity contribution in [1.82, 2.24) is 9.55 Å². The van der Waals surface area contributed by atoms with Crippen LogP contribution in [0.3, 0.4) is 0 Å². The van der Waals surface area contributed by atoms with Crippen LogP contribution in [0.15, 0.2) is 15.8 Å². The second-order valence-corrected chi connectivity index (χ2v) is 4.53. The van der Waals surface area contributed by atoms with E-state index >= 15 is 0 Å². The molecule has 0 aliphatic carbocycles. The molecule has 2 rings (SSSR count). The van der Waals surface area contributed by atoms with E-state index in [1.54, 1.807) is 6.92 Å². The van der Waals surface area contributed by atoms with Gasteiger partial charge in [-0.25, -0.2) is 4.79 Å². The topological polar surface area (TPSA) is 117 Å². The molecule has 20 heavy (non-hydrogen) atoms. The summed E-state index contributed by atoms with van der Waals surface area (Å²) in [7, 11) is 0. The third-order valence-corrected chi connectivity index (χ3v) is 3.18. The molecular weight excluding hydrogens is 266 g/mol. The smallest absolute Gasteiger partial charge is 0.330 e. The number of aliphatic hydroxyl groups is 1. The lowest BCUT2D eigenvalue weighted by Crippen LogP contribution is -2.33. The molecule has 1 saturated heterocycles. The molecule has 0 saturated carbocycles. The maximum atomic E-state index is 11.8. The predicted octanol–water partition coefficient (Wildman–Crippen LogP) is -0.966. The number of nitrogens with one attached hydrogen (secondary N) is 1. The van der Waals surface area contributed by atoms with E-state index in [1.807, 2.05) is 6.07 Å². The zero-order valence-corrected chi connectivity index (χ0v) is 10.9. The van der Waals surface area contributed by atoms with Gasteiger partial charge in [-0.2, -0.15) is 5.26 Å². The van der Waals surface area contributed by atoms with E-state index in [0.29, 0.717) is 12.0 Å². The van der Waals surface area contributed by atoms with Crippen molar-refractivity contribution in [1.29, 1.82) is 5.26 Å². The zero-order valence-electron chi connectivity index (χ0n) is 10.9. The monoisotopic (exact) mass is 281 g/mol. The van der Waals surface area contributed by atoms with Gasteiger partial charge in [0.15, 0.2) is 0 Å². The number of aromatic nitrogens is 2. The van der Waals surface area contributed by atoms with Gasteiger partial charge >= 0.3 is 5.69 Å². The molecule has 0 spiro atoms. The van der Waals surface area contributed by atoms with Crippen molar-refractivity contribution in [2.45, 2.75) is 31.8 Å². The molecule has 2 heterocycles. The first kappa shape index (κ1) is 14.5. The van der Waals surface area contributed by atoms with Crippen molar-refractivity contribution < 1.29 is 14.6 Å². The van der Waals surface area contributed by atoms with E-state index in [1.165, 1.54) is 10.8 Å². The Balaban J connectivity index is 2.23. The van der Waals surface area contributed by atoms with E-state index in [0.717, 1.165) is 0 Å². The highest BCUT2D eigenvalue weighted by Crippen LogP contribution is 2.29. The van der Waals surface area contributed by atoms with Gasteiger partial charge in [0.1, 0.15) is 18.9 Å². The van der Waals surface area contributed by atoms with E-state index in [2.05, 4.69) is 4.98 Å². The number of hydrogen-bond donors (Lipinski definition) is 2. The maximum absolute atomic E-state index is 11.8.